The van der Waals surface area contributed by atoms with Gasteiger partial charge in [-0.15, -0.1) is 0 Å². The second-order valence-corrected chi connectivity index (χ2v) is 7.05. The molecule has 1 unspecified atom stereocenters. The number of aromatic hydroxyl groups is 1. The molecular formula is C21H17N5O6. The number of phenolic OH excluding ortho intramolecular Hbond substituents is 1. The van der Waals surface area contributed by atoms with Crippen LogP contribution in [0.3, 0.4) is 0 Å². The van der Waals surface area contributed by atoms with Crippen molar-refractivity contribution in [2.24, 2.45) is 9.98 Å². The van der Waals surface area contributed by atoms with E-state index in [1.165, 1.54) is 6.07 Å². The number of nitrogens with one attached hydrogen (secondary N) is 1. The maximum absolute atomic E-state index is 11.3. The Morgan fingerprint density at radius 1 is 0.906 bits per heavy atom. The van der Waals surface area contributed by atoms with Crippen LogP contribution in [0.15, 0.2) is 75.9 Å². The van der Waals surface area contributed by atoms with Crippen molar-refractivity contribution in [2.45, 2.75) is 19.0 Å². The van der Waals surface area contributed by atoms with Crippen molar-refractivity contribution in [3.05, 3.63) is 97.3 Å². The molecule has 3 N–H and O–H groups in total. The summed E-state index contributed by atoms with van der Waals surface area (Å²) in [6.07, 6.45) is 3.79. The predicted molar refractivity (Wildman–Crippen MR) is 116 cm³/mol. The Morgan fingerprint density at radius 2 is 1.53 bits per heavy atom. The van der Waals surface area contributed by atoms with Crippen LogP contribution < -0.4 is 5.32 Å². The Hall–Kier alpha value is -4.54. The molecule has 0 amide bonds. The first-order valence-corrected chi connectivity index (χ1v) is 9.58. The number of non-ortho nitro benzene ring substituents is 2. The van der Waals surface area contributed by atoms with E-state index in [4.69, 9.17) is 0 Å². The van der Waals surface area contributed by atoms with Crippen molar-refractivity contribution in [3.63, 3.8) is 0 Å². The smallest absolute Gasteiger partial charge is 0.277 e. The number of nitro groups is 2. The van der Waals surface area contributed by atoms with Gasteiger partial charge in [-0.05, 0) is 25.0 Å². The average Bonchev–Trinajstić information content (AvgIpc) is 2.79. The lowest BCUT2D eigenvalue weighted by atomic mass is 10.0. The topological polar surface area (TPSA) is 163 Å². The summed E-state index contributed by atoms with van der Waals surface area (Å²) in [6, 6.07) is 9.60. The highest BCUT2D eigenvalue weighted by Crippen LogP contribution is 2.32. The summed E-state index contributed by atoms with van der Waals surface area (Å²) in [6.45, 7) is 0. The Bertz CT molecular complexity index is 1210. The van der Waals surface area contributed by atoms with E-state index in [0.717, 1.165) is 18.2 Å². The molecule has 1 aliphatic carbocycles. The highest BCUT2D eigenvalue weighted by molar-refractivity contribution is 6.17. The van der Waals surface area contributed by atoms with Gasteiger partial charge in [0.1, 0.15) is 23.2 Å². The Kier molecular flexibility index (Phi) is 5.37. The number of hydrogen-bond acceptors (Lipinski definition) is 9. The number of aliphatic hydroxyl groups is 1. The van der Waals surface area contributed by atoms with Crippen molar-refractivity contribution in [3.8, 4) is 5.75 Å². The van der Waals surface area contributed by atoms with E-state index in [1.54, 1.807) is 30.4 Å². The molecule has 0 saturated carbocycles. The van der Waals surface area contributed by atoms with Crippen LogP contribution in [0, 0.1) is 20.2 Å². The van der Waals surface area contributed by atoms with Crippen molar-refractivity contribution >= 4 is 23.0 Å². The van der Waals surface area contributed by atoms with E-state index in [-0.39, 0.29) is 28.7 Å². The molecule has 0 saturated heterocycles. The number of aliphatic imine (C=N–C) groups is 2. The molecule has 0 radical (unpaired) electrons. The van der Waals surface area contributed by atoms with Gasteiger partial charge in [0, 0.05) is 23.3 Å². The van der Waals surface area contributed by atoms with E-state index < -0.39 is 27.4 Å². The monoisotopic (exact) mass is 435 g/mol. The first kappa shape index (κ1) is 20.7. The lowest BCUT2D eigenvalue weighted by Crippen LogP contribution is -2.37. The third kappa shape index (κ3) is 4.03. The Morgan fingerprint density at radius 3 is 2.16 bits per heavy atom. The number of rotatable bonds is 5. The molecule has 32 heavy (non-hydrogen) atoms. The van der Waals surface area contributed by atoms with Gasteiger partial charge in [-0.1, -0.05) is 24.3 Å². The molecule has 0 spiro atoms. The first-order valence-electron chi connectivity index (χ1n) is 9.58. The second kappa shape index (κ2) is 8.30. The lowest BCUT2D eigenvalue weighted by molar-refractivity contribution is -0.394. The summed E-state index contributed by atoms with van der Waals surface area (Å²) >= 11 is 0. The minimum absolute atomic E-state index is 0.00445. The minimum atomic E-state index is -0.948. The largest absolute Gasteiger partial charge is 0.508 e. The van der Waals surface area contributed by atoms with Gasteiger partial charge in [-0.3, -0.25) is 20.2 Å². The summed E-state index contributed by atoms with van der Waals surface area (Å²) in [5, 5.41) is 46.2. The van der Waals surface area contributed by atoms with Gasteiger partial charge in [-0.25, -0.2) is 9.98 Å². The molecule has 0 bridgehead atoms. The summed E-state index contributed by atoms with van der Waals surface area (Å²) in [7, 11) is 0. The van der Waals surface area contributed by atoms with Gasteiger partial charge in [-0.2, -0.15) is 0 Å². The fourth-order valence-electron chi connectivity index (χ4n) is 3.40. The zero-order valence-corrected chi connectivity index (χ0v) is 16.5. The Labute approximate surface area is 181 Å². The molecule has 1 atom stereocenters. The molecule has 162 valence electrons. The van der Waals surface area contributed by atoms with Gasteiger partial charge >= 0.3 is 0 Å². The number of aliphatic hydroxyl groups excluding tert-OH is 1. The van der Waals surface area contributed by atoms with Crippen LogP contribution in [-0.4, -0.2) is 31.7 Å². The molecule has 2 aromatic carbocycles. The third-order valence-electron chi connectivity index (χ3n) is 4.94. The van der Waals surface area contributed by atoms with Crippen LogP contribution in [0.5, 0.6) is 5.75 Å². The van der Waals surface area contributed by atoms with Crippen LogP contribution in [0.2, 0.25) is 0 Å². The molecule has 2 aliphatic rings. The SMILES string of the molecule is O=[N+]([O-])c1cc(C2=NC(c3ccccc3O)N=C(C3=CCCC=C3O)N2)cc([N+](=O)[O-])c1. The molecule has 0 fully saturated rings. The number of nitro benzene ring substituents is 2. The van der Waals surface area contributed by atoms with Gasteiger partial charge in [0.25, 0.3) is 11.4 Å². The number of benzene rings is 2. The number of allylic oxidation sites excluding steroid dienone is 2. The molecule has 0 aromatic heterocycles. The lowest BCUT2D eigenvalue weighted by Gasteiger charge is -2.24. The molecule has 11 nitrogen and oxygen atoms in total. The number of para-hydroxylation sites is 1. The zero-order valence-electron chi connectivity index (χ0n) is 16.5. The molecule has 11 heteroatoms. The maximum Gasteiger partial charge on any atom is 0.277 e. The molecule has 4 rings (SSSR count). The van der Waals surface area contributed by atoms with Gasteiger partial charge in [0.15, 0.2) is 6.17 Å². The molecular weight excluding hydrogens is 418 g/mol. The average molecular weight is 435 g/mol. The minimum Gasteiger partial charge on any atom is -0.508 e. The Balaban J connectivity index is 1.86. The van der Waals surface area contributed by atoms with Crippen LogP contribution in [0.1, 0.15) is 30.1 Å². The van der Waals surface area contributed by atoms with Crippen molar-refractivity contribution in [1.29, 1.82) is 0 Å². The van der Waals surface area contributed by atoms with Crippen molar-refractivity contribution in [2.75, 3.05) is 0 Å². The summed E-state index contributed by atoms with van der Waals surface area (Å²) in [5.74, 6) is 0.248. The standard InChI is InChI=1S/C21H17N5O6/c27-17-7-3-1-5-15(17)20-22-19(23-21(24-20)16-6-2-4-8-18(16)28)12-9-13(25(29)30)11-14(10-12)26(31)32/h1,3,5-11,20,27-28H,2,4H2,(H,22,23,24). The van der Waals surface area contributed by atoms with E-state index in [0.29, 0.717) is 24.0 Å². The van der Waals surface area contributed by atoms with E-state index >= 15 is 0 Å². The number of phenols is 1. The van der Waals surface area contributed by atoms with Crippen LogP contribution >= 0.6 is 0 Å². The fraction of sp³-hybridized carbons (Fsp3) is 0.143. The van der Waals surface area contributed by atoms with E-state index in [9.17, 15) is 30.4 Å². The van der Waals surface area contributed by atoms with Crippen LogP contribution in [0.25, 0.3) is 0 Å². The summed E-state index contributed by atoms with van der Waals surface area (Å²) in [5.41, 5.74) is -0.0746. The summed E-state index contributed by atoms with van der Waals surface area (Å²) < 4.78 is 0. The van der Waals surface area contributed by atoms with E-state index in [1.807, 2.05) is 0 Å². The van der Waals surface area contributed by atoms with Gasteiger partial charge in [0.05, 0.1) is 21.5 Å². The van der Waals surface area contributed by atoms with Gasteiger partial charge < -0.3 is 15.5 Å². The fourth-order valence-corrected chi connectivity index (χ4v) is 3.40. The highest BCUT2D eigenvalue weighted by Gasteiger charge is 2.27. The zero-order chi connectivity index (χ0) is 22.8. The highest BCUT2D eigenvalue weighted by atomic mass is 16.6. The number of hydrogen-bond donors (Lipinski definition) is 3. The molecule has 1 heterocycles. The quantitative estimate of drug-likeness (QED) is 0.474. The second-order valence-electron chi connectivity index (χ2n) is 7.05. The normalized spacial score (nSPS) is 17.9. The predicted octanol–water partition coefficient (Wildman–Crippen LogP) is 3.82. The first-order chi connectivity index (χ1) is 15.3. The van der Waals surface area contributed by atoms with Gasteiger partial charge in [0.2, 0.25) is 0 Å². The van der Waals surface area contributed by atoms with E-state index in [2.05, 4.69) is 15.3 Å². The molecule has 2 aromatic rings. The summed E-state index contributed by atoms with van der Waals surface area (Å²) in [4.78, 5) is 30.1. The maximum atomic E-state index is 11.3. The van der Waals surface area contributed by atoms with Crippen LogP contribution in [-0.2, 0) is 0 Å². The van der Waals surface area contributed by atoms with Crippen LogP contribution in [0.4, 0.5) is 11.4 Å². The molecule has 1 aliphatic heterocycles. The van der Waals surface area contributed by atoms with Crippen molar-refractivity contribution in [1.82, 2.24) is 5.32 Å². The van der Waals surface area contributed by atoms with Crippen molar-refractivity contribution < 1.29 is 20.1 Å². The number of nitrogens with zero attached hydrogens (tertiary/aromatic N) is 4. The number of amidine groups is 2. The third-order valence-corrected chi connectivity index (χ3v) is 4.94.